The molecule has 8 heteroatoms. The van der Waals surface area contributed by atoms with E-state index < -0.39 is 23.7 Å². The molecule has 1 unspecified atom stereocenters. The molecule has 3 rings (SSSR count). The first-order valence-electron chi connectivity index (χ1n) is 8.74. The summed E-state index contributed by atoms with van der Waals surface area (Å²) in [5.41, 5.74) is 6.05. The predicted octanol–water partition coefficient (Wildman–Crippen LogP) is 3.43. The third-order valence-corrected chi connectivity index (χ3v) is 4.21. The number of nitrogens with one attached hydrogen (secondary N) is 2. The molecule has 1 heterocycles. The Labute approximate surface area is 171 Å². The van der Waals surface area contributed by atoms with E-state index in [1.807, 2.05) is 6.08 Å². The first-order valence-corrected chi connectivity index (χ1v) is 9.12. The van der Waals surface area contributed by atoms with Gasteiger partial charge in [0.1, 0.15) is 12.4 Å². The monoisotopic (exact) mass is 416 g/mol. The van der Waals surface area contributed by atoms with E-state index in [1.165, 1.54) is 31.2 Å². The van der Waals surface area contributed by atoms with E-state index in [1.54, 1.807) is 30.3 Å². The summed E-state index contributed by atoms with van der Waals surface area (Å²) >= 11 is 5.97. The van der Waals surface area contributed by atoms with E-state index in [-0.39, 0.29) is 5.75 Å². The van der Waals surface area contributed by atoms with Gasteiger partial charge < -0.3 is 9.47 Å². The molecular formula is C21H18ClFN2O4. The zero-order valence-electron chi connectivity index (χ0n) is 15.4. The molecule has 2 aromatic carbocycles. The van der Waals surface area contributed by atoms with Gasteiger partial charge >= 0.3 is 0 Å². The van der Waals surface area contributed by atoms with Crippen LogP contribution >= 0.6 is 11.6 Å². The largest absolute Gasteiger partial charge is 0.488 e. The lowest BCUT2D eigenvalue weighted by molar-refractivity contribution is -0.131. The summed E-state index contributed by atoms with van der Waals surface area (Å²) in [6.45, 7) is 1.74. The molecule has 0 aromatic heterocycles. The van der Waals surface area contributed by atoms with Crippen LogP contribution in [0.25, 0.3) is 6.08 Å². The minimum atomic E-state index is -1.01. The van der Waals surface area contributed by atoms with Crippen molar-refractivity contribution in [1.82, 2.24) is 10.9 Å². The quantitative estimate of drug-likeness (QED) is 0.578. The maximum absolute atomic E-state index is 13.6. The Bertz CT molecular complexity index is 990. The Hall–Kier alpha value is -3.32. The van der Waals surface area contributed by atoms with Gasteiger partial charge in [0.05, 0.1) is 0 Å². The number of benzene rings is 2. The van der Waals surface area contributed by atoms with Gasteiger partial charge in [0.15, 0.2) is 17.7 Å². The fourth-order valence-electron chi connectivity index (χ4n) is 2.50. The molecule has 6 nitrogen and oxygen atoms in total. The van der Waals surface area contributed by atoms with Crippen LogP contribution in [0.15, 0.2) is 60.2 Å². The summed E-state index contributed by atoms with van der Waals surface area (Å²) in [5, 5.41) is 0.584. The number of hydrogen-bond acceptors (Lipinski definition) is 4. The molecule has 1 atom stereocenters. The zero-order chi connectivity index (χ0) is 20.8. The van der Waals surface area contributed by atoms with Crippen molar-refractivity contribution in [2.75, 3.05) is 6.61 Å². The van der Waals surface area contributed by atoms with Crippen LogP contribution in [0.2, 0.25) is 5.02 Å². The summed E-state index contributed by atoms with van der Waals surface area (Å²) in [7, 11) is 0. The highest BCUT2D eigenvalue weighted by Gasteiger charge is 2.16. The number of hydrogen-bond donors (Lipinski definition) is 2. The van der Waals surface area contributed by atoms with Crippen LogP contribution in [-0.4, -0.2) is 24.5 Å². The summed E-state index contributed by atoms with van der Waals surface area (Å²) in [5.74, 6) is -1.09. The van der Waals surface area contributed by atoms with Gasteiger partial charge in [0, 0.05) is 16.7 Å². The van der Waals surface area contributed by atoms with Gasteiger partial charge in [0.2, 0.25) is 0 Å². The van der Waals surface area contributed by atoms with Crippen LogP contribution in [0.4, 0.5) is 4.39 Å². The minimum Gasteiger partial charge on any atom is -0.488 e. The topological polar surface area (TPSA) is 76.7 Å². The van der Waals surface area contributed by atoms with Crippen LogP contribution in [0, 0.1) is 5.82 Å². The molecule has 0 saturated carbocycles. The number of ether oxygens (including phenoxy) is 2. The Balaban J connectivity index is 1.50. The van der Waals surface area contributed by atoms with E-state index in [0.717, 1.165) is 11.1 Å². The highest BCUT2D eigenvalue weighted by atomic mass is 35.5. The molecule has 0 fully saturated rings. The lowest BCUT2D eigenvalue weighted by atomic mass is 10.1. The number of para-hydroxylation sites is 1. The molecule has 150 valence electrons. The fourth-order valence-corrected chi connectivity index (χ4v) is 2.68. The van der Waals surface area contributed by atoms with Crippen LogP contribution < -0.4 is 20.3 Å². The maximum atomic E-state index is 13.6. The molecule has 0 saturated heterocycles. The van der Waals surface area contributed by atoms with Crippen molar-refractivity contribution in [3.63, 3.8) is 0 Å². The number of halogens is 2. The van der Waals surface area contributed by atoms with E-state index in [9.17, 15) is 14.0 Å². The molecule has 2 aromatic rings. The summed E-state index contributed by atoms with van der Waals surface area (Å²) in [6, 6.07) is 11.0. The predicted molar refractivity (Wildman–Crippen MR) is 107 cm³/mol. The maximum Gasteiger partial charge on any atom is 0.279 e. The second-order valence-electron chi connectivity index (χ2n) is 6.19. The number of fused-ring (bicyclic) bond motifs is 1. The van der Waals surface area contributed by atoms with Gasteiger partial charge in [-0.05, 0) is 48.9 Å². The van der Waals surface area contributed by atoms with Crippen molar-refractivity contribution >= 4 is 29.5 Å². The van der Waals surface area contributed by atoms with Crippen molar-refractivity contribution in [2.45, 2.75) is 13.0 Å². The summed E-state index contributed by atoms with van der Waals surface area (Å²) in [4.78, 5) is 23.9. The van der Waals surface area contributed by atoms with Gasteiger partial charge in [-0.1, -0.05) is 29.8 Å². The van der Waals surface area contributed by atoms with Crippen LogP contribution in [0.5, 0.6) is 11.5 Å². The normalized spacial score (nSPS) is 13.7. The van der Waals surface area contributed by atoms with E-state index in [0.29, 0.717) is 17.4 Å². The lowest BCUT2D eigenvalue weighted by Crippen LogP contribution is -2.46. The number of hydrazine groups is 1. The molecule has 0 spiro atoms. The third-order valence-electron chi connectivity index (χ3n) is 3.97. The Kier molecular flexibility index (Phi) is 6.51. The molecular weight excluding hydrogens is 399 g/mol. The van der Waals surface area contributed by atoms with Crippen molar-refractivity contribution in [3.8, 4) is 11.5 Å². The Morgan fingerprint density at radius 1 is 1.24 bits per heavy atom. The standard InChI is InChI=1S/C21H18ClFN2O4/c1-13(29-19-5-3-2-4-17(19)23)21(27)25-24-20(26)9-6-14-10-15-11-16(22)7-8-18(15)28-12-14/h2-11,13H,12H2,1H3,(H,24,26)(H,25,27)/b9-6+. The van der Waals surface area contributed by atoms with Gasteiger partial charge in [-0.25, -0.2) is 4.39 Å². The van der Waals surface area contributed by atoms with Gasteiger partial charge in [-0.2, -0.15) is 0 Å². The zero-order valence-corrected chi connectivity index (χ0v) is 16.2. The van der Waals surface area contributed by atoms with E-state index >= 15 is 0 Å². The molecule has 29 heavy (non-hydrogen) atoms. The smallest absolute Gasteiger partial charge is 0.279 e. The molecule has 0 aliphatic carbocycles. The fraction of sp³-hybridized carbons (Fsp3) is 0.143. The summed E-state index contributed by atoms with van der Waals surface area (Å²) in [6.07, 6.45) is 3.68. The molecule has 1 aliphatic heterocycles. The number of carbonyl (C=O) groups is 2. The van der Waals surface area contributed by atoms with Crippen LogP contribution in [-0.2, 0) is 9.59 Å². The molecule has 2 N–H and O–H groups in total. The van der Waals surface area contributed by atoms with Gasteiger partial charge in [-0.15, -0.1) is 0 Å². The van der Waals surface area contributed by atoms with E-state index in [2.05, 4.69) is 10.9 Å². The minimum absolute atomic E-state index is 0.0500. The average molecular weight is 417 g/mol. The number of amides is 2. The third kappa shape index (κ3) is 5.58. The van der Waals surface area contributed by atoms with Crippen molar-refractivity contribution in [2.24, 2.45) is 0 Å². The Morgan fingerprint density at radius 3 is 2.83 bits per heavy atom. The molecule has 0 radical (unpaired) electrons. The molecule has 2 amide bonds. The van der Waals surface area contributed by atoms with Gasteiger partial charge in [-0.3, -0.25) is 20.4 Å². The SMILES string of the molecule is CC(Oc1ccccc1F)C(=O)NNC(=O)/C=C/C1=Cc2cc(Cl)ccc2OC1. The highest BCUT2D eigenvalue weighted by Crippen LogP contribution is 2.29. The first-order chi connectivity index (χ1) is 13.9. The summed E-state index contributed by atoms with van der Waals surface area (Å²) < 4.78 is 24.4. The van der Waals surface area contributed by atoms with Crippen molar-refractivity contribution < 1.29 is 23.5 Å². The number of carbonyl (C=O) groups excluding carboxylic acids is 2. The van der Waals surface area contributed by atoms with Gasteiger partial charge in [0.25, 0.3) is 11.8 Å². The van der Waals surface area contributed by atoms with Crippen LogP contribution in [0.1, 0.15) is 12.5 Å². The second kappa shape index (κ2) is 9.25. The second-order valence-corrected chi connectivity index (χ2v) is 6.63. The molecule has 1 aliphatic rings. The lowest BCUT2D eigenvalue weighted by Gasteiger charge is -2.16. The Morgan fingerprint density at radius 2 is 2.03 bits per heavy atom. The first kappa shape index (κ1) is 20.4. The van der Waals surface area contributed by atoms with Crippen LogP contribution in [0.3, 0.4) is 0 Å². The van der Waals surface area contributed by atoms with E-state index in [4.69, 9.17) is 21.1 Å². The van der Waals surface area contributed by atoms with Crippen molar-refractivity contribution in [3.05, 3.63) is 76.6 Å². The number of rotatable bonds is 5. The highest BCUT2D eigenvalue weighted by molar-refractivity contribution is 6.30. The molecule has 0 bridgehead atoms. The average Bonchev–Trinajstić information content (AvgIpc) is 2.71. The van der Waals surface area contributed by atoms with Crippen molar-refractivity contribution in [1.29, 1.82) is 0 Å².